The number of amides is 2. The zero-order chi connectivity index (χ0) is 16.3. The Hall–Kier alpha value is -1.30. The van der Waals surface area contributed by atoms with E-state index in [0.29, 0.717) is 41.7 Å². The zero-order valence-electron chi connectivity index (χ0n) is 12.3. The molecule has 7 heteroatoms. The van der Waals surface area contributed by atoms with Gasteiger partial charge >= 0.3 is 0 Å². The fourth-order valence-electron chi connectivity index (χ4n) is 2.61. The molecule has 0 bridgehead atoms. The van der Waals surface area contributed by atoms with Crippen LogP contribution in [0.25, 0.3) is 0 Å². The smallest absolute Gasteiger partial charge is 0.241 e. The van der Waals surface area contributed by atoms with Crippen LogP contribution in [0.3, 0.4) is 0 Å². The average molecular weight is 344 g/mol. The summed E-state index contributed by atoms with van der Waals surface area (Å²) in [7, 11) is 0. The van der Waals surface area contributed by atoms with Gasteiger partial charge in [-0.05, 0) is 51.1 Å². The summed E-state index contributed by atoms with van der Waals surface area (Å²) in [5.41, 5.74) is 5.89. The normalized spacial score (nSPS) is 18.0. The Morgan fingerprint density at radius 1 is 1.23 bits per heavy atom. The molecular formula is C15H19Cl2N3O2. The molecule has 5 nitrogen and oxygen atoms in total. The van der Waals surface area contributed by atoms with Crippen molar-refractivity contribution in [2.75, 3.05) is 18.4 Å². The molecule has 1 aliphatic rings. The van der Waals surface area contributed by atoms with Crippen molar-refractivity contribution in [2.24, 2.45) is 11.7 Å². The van der Waals surface area contributed by atoms with E-state index in [4.69, 9.17) is 28.9 Å². The van der Waals surface area contributed by atoms with Crippen molar-refractivity contribution in [1.29, 1.82) is 0 Å². The van der Waals surface area contributed by atoms with E-state index >= 15 is 0 Å². The van der Waals surface area contributed by atoms with E-state index in [1.54, 1.807) is 18.2 Å². The lowest BCUT2D eigenvalue weighted by Gasteiger charge is -2.34. The number of anilines is 1. The topological polar surface area (TPSA) is 75.4 Å². The largest absolute Gasteiger partial charge is 0.369 e. The molecule has 0 saturated carbocycles. The Kier molecular flexibility index (Phi) is 5.67. The van der Waals surface area contributed by atoms with Gasteiger partial charge < -0.3 is 11.1 Å². The molecule has 0 aliphatic carbocycles. The van der Waals surface area contributed by atoms with Crippen molar-refractivity contribution in [1.82, 2.24) is 4.90 Å². The molecule has 0 aromatic heterocycles. The number of nitrogens with one attached hydrogen (secondary N) is 1. The summed E-state index contributed by atoms with van der Waals surface area (Å²) in [6.07, 6.45) is 1.38. The van der Waals surface area contributed by atoms with E-state index in [9.17, 15) is 9.59 Å². The first-order valence-electron chi connectivity index (χ1n) is 7.17. The van der Waals surface area contributed by atoms with Crippen LogP contribution in [0, 0.1) is 5.92 Å². The minimum absolute atomic E-state index is 0.0850. The van der Waals surface area contributed by atoms with E-state index in [0.717, 1.165) is 0 Å². The summed E-state index contributed by atoms with van der Waals surface area (Å²) < 4.78 is 0. The minimum Gasteiger partial charge on any atom is -0.369 e. The highest BCUT2D eigenvalue weighted by molar-refractivity contribution is 6.35. The van der Waals surface area contributed by atoms with Crippen LogP contribution in [0.1, 0.15) is 19.8 Å². The second-order valence-electron chi connectivity index (χ2n) is 5.54. The van der Waals surface area contributed by atoms with E-state index in [-0.39, 0.29) is 23.8 Å². The van der Waals surface area contributed by atoms with E-state index < -0.39 is 0 Å². The molecule has 1 aromatic rings. The van der Waals surface area contributed by atoms with Crippen molar-refractivity contribution < 1.29 is 9.59 Å². The Balaban J connectivity index is 1.94. The van der Waals surface area contributed by atoms with Gasteiger partial charge in [0.15, 0.2) is 0 Å². The van der Waals surface area contributed by atoms with Gasteiger partial charge in [0.1, 0.15) is 0 Å². The Morgan fingerprint density at radius 3 is 2.27 bits per heavy atom. The van der Waals surface area contributed by atoms with Crippen LogP contribution >= 0.6 is 23.2 Å². The van der Waals surface area contributed by atoms with Gasteiger partial charge in [-0.25, -0.2) is 0 Å². The highest BCUT2D eigenvalue weighted by Gasteiger charge is 2.28. The van der Waals surface area contributed by atoms with Crippen LogP contribution in [0.2, 0.25) is 10.0 Å². The summed E-state index contributed by atoms with van der Waals surface area (Å²) in [5, 5.41) is 3.75. The van der Waals surface area contributed by atoms with Crippen LogP contribution in [0.4, 0.5) is 5.69 Å². The number of carbonyl (C=O) groups is 2. The predicted molar refractivity (Wildman–Crippen MR) is 88.0 cm³/mol. The summed E-state index contributed by atoms with van der Waals surface area (Å²) in [6, 6.07) is 4.61. The molecule has 1 heterocycles. The molecule has 0 spiro atoms. The lowest BCUT2D eigenvalue weighted by atomic mass is 9.95. The van der Waals surface area contributed by atoms with Gasteiger partial charge in [-0.1, -0.05) is 23.2 Å². The molecule has 120 valence electrons. The van der Waals surface area contributed by atoms with E-state index in [1.165, 1.54) is 0 Å². The van der Waals surface area contributed by atoms with Crippen molar-refractivity contribution in [3.63, 3.8) is 0 Å². The number of nitrogens with zero attached hydrogens (tertiary/aromatic N) is 1. The Labute approximate surface area is 139 Å². The Bertz CT molecular complexity index is 552. The summed E-state index contributed by atoms with van der Waals surface area (Å²) in [6.45, 7) is 3.20. The van der Waals surface area contributed by atoms with Crippen LogP contribution in [0.5, 0.6) is 0 Å². The quantitative estimate of drug-likeness (QED) is 0.881. The highest BCUT2D eigenvalue weighted by atomic mass is 35.5. The fourth-order valence-corrected chi connectivity index (χ4v) is 3.14. The number of carbonyl (C=O) groups excluding carboxylic acids is 2. The molecule has 2 rings (SSSR count). The second kappa shape index (κ2) is 7.31. The molecule has 1 aromatic carbocycles. The number of nitrogens with two attached hydrogens (primary N) is 1. The molecule has 0 unspecified atom stereocenters. The van der Waals surface area contributed by atoms with Gasteiger partial charge in [0, 0.05) is 21.7 Å². The second-order valence-corrected chi connectivity index (χ2v) is 6.41. The minimum atomic E-state index is -0.299. The lowest BCUT2D eigenvalue weighted by molar-refractivity contribution is -0.124. The maximum absolute atomic E-state index is 12.3. The van der Waals surface area contributed by atoms with Crippen molar-refractivity contribution in [3.05, 3.63) is 28.2 Å². The fraction of sp³-hybridized carbons (Fsp3) is 0.467. The number of likely N-dealkylation sites (tertiary alicyclic amines) is 1. The molecule has 1 aliphatic heterocycles. The number of primary amides is 1. The third kappa shape index (κ3) is 4.35. The molecule has 3 N–H and O–H groups in total. The van der Waals surface area contributed by atoms with Gasteiger partial charge in [0.05, 0.1) is 6.04 Å². The number of hydrogen-bond acceptors (Lipinski definition) is 3. The number of benzene rings is 1. The number of hydrogen-bond donors (Lipinski definition) is 2. The van der Waals surface area contributed by atoms with Crippen LogP contribution in [-0.2, 0) is 9.59 Å². The van der Waals surface area contributed by atoms with Gasteiger partial charge in [-0.2, -0.15) is 0 Å². The molecule has 1 fully saturated rings. The van der Waals surface area contributed by atoms with Crippen molar-refractivity contribution in [3.8, 4) is 0 Å². The van der Waals surface area contributed by atoms with Crippen molar-refractivity contribution in [2.45, 2.75) is 25.8 Å². The van der Waals surface area contributed by atoms with Gasteiger partial charge in [-0.15, -0.1) is 0 Å². The predicted octanol–water partition coefficient (Wildman–Crippen LogP) is 2.52. The third-order valence-electron chi connectivity index (χ3n) is 3.99. The number of piperidine rings is 1. The molecule has 2 amide bonds. The first kappa shape index (κ1) is 17.1. The monoisotopic (exact) mass is 343 g/mol. The number of rotatable bonds is 4. The van der Waals surface area contributed by atoms with E-state index in [2.05, 4.69) is 5.32 Å². The van der Waals surface area contributed by atoms with Gasteiger partial charge in [0.2, 0.25) is 11.8 Å². The first-order chi connectivity index (χ1) is 10.4. The molecule has 22 heavy (non-hydrogen) atoms. The van der Waals surface area contributed by atoms with Crippen LogP contribution in [0.15, 0.2) is 18.2 Å². The zero-order valence-corrected chi connectivity index (χ0v) is 13.8. The third-order valence-corrected chi connectivity index (χ3v) is 4.43. The number of halogens is 2. The van der Waals surface area contributed by atoms with Gasteiger partial charge in [-0.3, -0.25) is 14.5 Å². The summed E-state index contributed by atoms with van der Waals surface area (Å²) in [5.74, 6) is -0.473. The first-order valence-corrected chi connectivity index (χ1v) is 7.92. The lowest BCUT2D eigenvalue weighted by Crippen LogP contribution is -2.47. The molecule has 1 atom stereocenters. The SMILES string of the molecule is C[C@H](C(=O)Nc1cc(Cl)cc(Cl)c1)N1CCC(C(N)=O)CC1. The highest BCUT2D eigenvalue weighted by Crippen LogP contribution is 2.23. The molecule has 0 radical (unpaired) electrons. The molecule has 1 saturated heterocycles. The van der Waals surface area contributed by atoms with Gasteiger partial charge in [0.25, 0.3) is 0 Å². The Morgan fingerprint density at radius 2 is 1.77 bits per heavy atom. The van der Waals surface area contributed by atoms with E-state index in [1.807, 2.05) is 11.8 Å². The standard InChI is InChI=1S/C15H19Cl2N3O2/c1-9(20-4-2-10(3-5-20)14(18)21)15(22)19-13-7-11(16)6-12(17)8-13/h6-10H,2-5H2,1H3,(H2,18,21)(H,19,22)/t9-/m1/s1. The van der Waals surface area contributed by atoms with Crippen LogP contribution < -0.4 is 11.1 Å². The average Bonchev–Trinajstić information content (AvgIpc) is 2.45. The maximum Gasteiger partial charge on any atom is 0.241 e. The van der Waals surface area contributed by atoms with Crippen molar-refractivity contribution >= 4 is 40.7 Å². The van der Waals surface area contributed by atoms with Crippen LogP contribution in [-0.4, -0.2) is 35.8 Å². The molecular weight excluding hydrogens is 325 g/mol. The maximum atomic E-state index is 12.3. The summed E-state index contributed by atoms with van der Waals surface area (Å²) in [4.78, 5) is 25.5. The summed E-state index contributed by atoms with van der Waals surface area (Å²) >= 11 is 11.8.